The summed E-state index contributed by atoms with van der Waals surface area (Å²) in [6.07, 6.45) is 4.54. The Bertz CT molecular complexity index is 711. The molecule has 3 N–H and O–H groups in total. The minimum absolute atomic E-state index is 0.141. The number of H-pyrrole nitrogens is 1. The van der Waals surface area contributed by atoms with Crippen molar-refractivity contribution in [2.24, 2.45) is 0 Å². The number of hydrogen-bond donors (Lipinski definition) is 3. The van der Waals surface area contributed by atoms with Crippen molar-refractivity contribution in [1.82, 2.24) is 20.8 Å². The average molecular weight is 342 g/mol. The van der Waals surface area contributed by atoms with Crippen LogP contribution < -0.4 is 15.4 Å². The first-order valence-electron chi connectivity index (χ1n) is 8.90. The number of aryl methyl sites for hydroxylation is 1. The van der Waals surface area contributed by atoms with Crippen molar-refractivity contribution in [1.29, 1.82) is 0 Å². The Morgan fingerprint density at radius 2 is 2.24 bits per heavy atom. The number of ether oxygens (including phenoxy) is 1. The van der Waals surface area contributed by atoms with E-state index in [1.807, 2.05) is 24.4 Å². The molecule has 0 saturated carbocycles. The fourth-order valence-corrected chi connectivity index (χ4v) is 3.19. The smallest absolute Gasteiger partial charge is 0.315 e. The van der Waals surface area contributed by atoms with Crippen LogP contribution in [0, 0.1) is 0 Å². The Kier molecular flexibility index (Phi) is 5.58. The van der Waals surface area contributed by atoms with Gasteiger partial charge in [0.25, 0.3) is 0 Å². The molecular weight excluding hydrogens is 316 g/mol. The molecule has 6 heteroatoms. The fourth-order valence-electron chi connectivity index (χ4n) is 3.19. The highest BCUT2D eigenvalue weighted by atomic mass is 16.5. The molecule has 1 aliphatic rings. The molecule has 1 aliphatic carbocycles. The molecule has 0 radical (unpaired) electrons. The molecule has 1 atom stereocenters. The number of hydrogen-bond acceptors (Lipinski definition) is 3. The lowest BCUT2D eigenvalue weighted by Gasteiger charge is -2.23. The van der Waals surface area contributed by atoms with Crippen LogP contribution in [0.5, 0.6) is 5.75 Å². The number of nitrogens with zero attached hydrogens (tertiary/aromatic N) is 1. The molecule has 0 aliphatic heterocycles. The van der Waals surface area contributed by atoms with Gasteiger partial charge in [0, 0.05) is 11.7 Å². The molecule has 0 bridgehead atoms. The molecule has 0 spiro atoms. The van der Waals surface area contributed by atoms with Crippen LogP contribution in [0.4, 0.5) is 4.79 Å². The van der Waals surface area contributed by atoms with E-state index < -0.39 is 0 Å². The van der Waals surface area contributed by atoms with Crippen LogP contribution in [0.3, 0.4) is 0 Å². The van der Waals surface area contributed by atoms with Crippen molar-refractivity contribution < 1.29 is 9.53 Å². The molecule has 0 fully saturated rings. The second kappa shape index (κ2) is 8.05. The van der Waals surface area contributed by atoms with Gasteiger partial charge in [0.05, 0.1) is 12.7 Å². The van der Waals surface area contributed by atoms with Crippen LogP contribution in [0.1, 0.15) is 43.0 Å². The lowest BCUT2D eigenvalue weighted by Crippen LogP contribution is -2.45. The van der Waals surface area contributed by atoms with Crippen molar-refractivity contribution in [2.75, 3.05) is 13.2 Å². The van der Waals surface area contributed by atoms with Crippen molar-refractivity contribution in [3.63, 3.8) is 0 Å². The largest absolute Gasteiger partial charge is 0.491 e. The summed E-state index contributed by atoms with van der Waals surface area (Å²) in [5.74, 6) is 1.30. The predicted octanol–water partition coefficient (Wildman–Crippen LogP) is 2.77. The fraction of sp³-hybridized carbons (Fsp3) is 0.474. The second-order valence-corrected chi connectivity index (χ2v) is 6.75. The molecule has 2 aromatic rings. The van der Waals surface area contributed by atoms with Crippen LogP contribution in [0.2, 0.25) is 0 Å². The number of carbonyl (C=O) groups is 1. The van der Waals surface area contributed by atoms with Gasteiger partial charge in [0.15, 0.2) is 0 Å². The van der Waals surface area contributed by atoms with Crippen LogP contribution >= 0.6 is 0 Å². The SMILES string of the molecule is CC(C)c1ccccc1OCCNC(=O)N[C@@H]1CCc2[nH]ncc2C1. The summed E-state index contributed by atoms with van der Waals surface area (Å²) >= 11 is 0. The van der Waals surface area contributed by atoms with Gasteiger partial charge in [-0.15, -0.1) is 0 Å². The van der Waals surface area contributed by atoms with Crippen molar-refractivity contribution >= 4 is 6.03 Å². The van der Waals surface area contributed by atoms with Crippen LogP contribution in [0.25, 0.3) is 0 Å². The molecule has 2 amide bonds. The summed E-state index contributed by atoms with van der Waals surface area (Å²) < 4.78 is 5.82. The summed E-state index contributed by atoms with van der Waals surface area (Å²) in [5, 5.41) is 13.0. The zero-order valence-corrected chi connectivity index (χ0v) is 14.8. The summed E-state index contributed by atoms with van der Waals surface area (Å²) in [5.41, 5.74) is 3.57. The Hall–Kier alpha value is -2.50. The number of aromatic nitrogens is 2. The van der Waals surface area contributed by atoms with Gasteiger partial charge in [-0.3, -0.25) is 5.10 Å². The standard InChI is InChI=1S/C19H26N4O2/c1-13(2)16-5-3-4-6-18(16)25-10-9-20-19(24)22-15-7-8-17-14(11-15)12-21-23-17/h3-6,12-13,15H,7-11H2,1-2H3,(H,21,23)(H2,20,22,24)/t15-/m1/s1. The van der Waals surface area contributed by atoms with Gasteiger partial charge in [0.1, 0.15) is 12.4 Å². The third kappa shape index (κ3) is 4.53. The first-order chi connectivity index (χ1) is 12.1. The molecule has 134 valence electrons. The molecule has 3 rings (SSSR count). The number of amides is 2. The van der Waals surface area contributed by atoms with Crippen LogP contribution in [-0.2, 0) is 12.8 Å². The number of aromatic amines is 1. The third-order valence-corrected chi connectivity index (χ3v) is 4.54. The number of rotatable bonds is 6. The van der Waals surface area contributed by atoms with Crippen molar-refractivity contribution in [3.05, 3.63) is 47.3 Å². The highest BCUT2D eigenvalue weighted by Gasteiger charge is 2.21. The Labute approximate surface area is 148 Å². The Morgan fingerprint density at radius 1 is 1.40 bits per heavy atom. The molecular formula is C19H26N4O2. The topological polar surface area (TPSA) is 79.0 Å². The van der Waals surface area contributed by atoms with E-state index in [4.69, 9.17) is 4.74 Å². The van der Waals surface area contributed by atoms with E-state index in [-0.39, 0.29) is 12.1 Å². The normalized spacial score (nSPS) is 16.4. The van der Waals surface area contributed by atoms with Gasteiger partial charge < -0.3 is 15.4 Å². The number of nitrogens with one attached hydrogen (secondary N) is 3. The highest BCUT2D eigenvalue weighted by Crippen LogP contribution is 2.25. The maximum absolute atomic E-state index is 12.0. The summed E-state index contributed by atoms with van der Waals surface area (Å²) in [6.45, 7) is 5.21. The molecule has 1 heterocycles. The number of carbonyl (C=O) groups excluding carboxylic acids is 1. The minimum Gasteiger partial charge on any atom is -0.491 e. The molecule has 0 saturated heterocycles. The molecule has 6 nitrogen and oxygen atoms in total. The lowest BCUT2D eigenvalue weighted by atomic mass is 9.94. The first kappa shape index (κ1) is 17.3. The third-order valence-electron chi connectivity index (χ3n) is 4.54. The van der Waals surface area contributed by atoms with Crippen molar-refractivity contribution in [3.8, 4) is 5.75 Å². The molecule has 0 unspecified atom stereocenters. The zero-order valence-electron chi connectivity index (χ0n) is 14.8. The Morgan fingerprint density at radius 3 is 3.08 bits per heavy atom. The van der Waals surface area contributed by atoms with E-state index in [0.717, 1.165) is 25.0 Å². The van der Waals surface area contributed by atoms with Gasteiger partial charge >= 0.3 is 6.03 Å². The van der Waals surface area contributed by atoms with Gasteiger partial charge in [-0.1, -0.05) is 32.0 Å². The number of para-hydroxylation sites is 1. The van der Waals surface area contributed by atoms with E-state index in [0.29, 0.717) is 19.1 Å². The van der Waals surface area contributed by atoms with Crippen LogP contribution in [0.15, 0.2) is 30.5 Å². The van der Waals surface area contributed by atoms with Gasteiger partial charge in [-0.05, 0) is 42.4 Å². The van der Waals surface area contributed by atoms with Gasteiger partial charge in [-0.25, -0.2) is 4.79 Å². The molecule has 1 aromatic heterocycles. The summed E-state index contributed by atoms with van der Waals surface area (Å²) in [4.78, 5) is 12.0. The van der Waals surface area contributed by atoms with Gasteiger partial charge in [-0.2, -0.15) is 5.10 Å². The van der Waals surface area contributed by atoms with Crippen LogP contribution in [-0.4, -0.2) is 35.4 Å². The van der Waals surface area contributed by atoms with E-state index in [2.05, 4.69) is 40.7 Å². The van der Waals surface area contributed by atoms with Crippen molar-refractivity contribution in [2.45, 2.75) is 45.1 Å². The van der Waals surface area contributed by atoms with E-state index in [9.17, 15) is 4.79 Å². The monoisotopic (exact) mass is 342 g/mol. The summed E-state index contributed by atoms with van der Waals surface area (Å²) in [6, 6.07) is 8.05. The van der Waals surface area contributed by atoms with Gasteiger partial charge in [0.2, 0.25) is 0 Å². The number of urea groups is 1. The lowest BCUT2D eigenvalue weighted by molar-refractivity contribution is 0.231. The average Bonchev–Trinajstić information content (AvgIpc) is 3.06. The zero-order chi connectivity index (χ0) is 17.6. The first-order valence-corrected chi connectivity index (χ1v) is 8.90. The predicted molar refractivity (Wildman–Crippen MR) is 97.0 cm³/mol. The summed E-state index contributed by atoms with van der Waals surface area (Å²) in [7, 11) is 0. The molecule has 25 heavy (non-hydrogen) atoms. The number of fused-ring (bicyclic) bond motifs is 1. The molecule has 1 aromatic carbocycles. The highest BCUT2D eigenvalue weighted by molar-refractivity contribution is 5.74. The Balaban J connectivity index is 1.39. The quantitative estimate of drug-likeness (QED) is 0.706. The second-order valence-electron chi connectivity index (χ2n) is 6.75. The van der Waals surface area contributed by atoms with E-state index in [1.165, 1.54) is 16.8 Å². The van der Waals surface area contributed by atoms with E-state index in [1.54, 1.807) is 0 Å². The minimum atomic E-state index is -0.141. The maximum Gasteiger partial charge on any atom is 0.315 e. The van der Waals surface area contributed by atoms with E-state index >= 15 is 0 Å². The maximum atomic E-state index is 12.0. The number of benzene rings is 1.